The van der Waals surface area contributed by atoms with Gasteiger partial charge in [0.1, 0.15) is 0 Å². The molecule has 0 spiro atoms. The number of benzene rings is 2. The second kappa shape index (κ2) is 12.7. The summed E-state index contributed by atoms with van der Waals surface area (Å²) in [6, 6.07) is 8.91. The van der Waals surface area contributed by atoms with E-state index >= 15 is 4.39 Å². The first-order valence-electron chi connectivity index (χ1n) is 15.1. The summed E-state index contributed by atoms with van der Waals surface area (Å²) in [5.74, 6) is 0.443. The maximum Gasteiger partial charge on any atom is 0.416 e. The van der Waals surface area contributed by atoms with Crippen LogP contribution in [0.1, 0.15) is 35.4 Å². The number of likely N-dealkylation sites (tertiary alicyclic amines) is 1. The van der Waals surface area contributed by atoms with Gasteiger partial charge in [-0.1, -0.05) is 24.3 Å². The third-order valence-corrected chi connectivity index (χ3v) is 9.01. The van der Waals surface area contributed by atoms with Gasteiger partial charge in [0, 0.05) is 45.8 Å². The quantitative estimate of drug-likeness (QED) is 0.396. The van der Waals surface area contributed by atoms with Gasteiger partial charge in [-0.3, -0.25) is 14.6 Å². The summed E-state index contributed by atoms with van der Waals surface area (Å²) in [7, 11) is 1.64. The number of carbonyl (C=O) groups is 1. The average Bonchev–Trinajstić information content (AvgIpc) is 3.48. The van der Waals surface area contributed by atoms with Crippen LogP contribution >= 0.6 is 0 Å². The molecule has 2 saturated heterocycles. The molecule has 2 aromatic rings. The van der Waals surface area contributed by atoms with Crippen molar-refractivity contribution in [2.75, 3.05) is 70.1 Å². The predicted octanol–water partition coefficient (Wildman–Crippen LogP) is 4.55. The highest BCUT2D eigenvalue weighted by molar-refractivity contribution is 5.93. The zero-order valence-electron chi connectivity index (χ0n) is 24.7. The number of nitrogens with one attached hydrogen (secondary N) is 3. The molecular weight excluding hydrogens is 576 g/mol. The summed E-state index contributed by atoms with van der Waals surface area (Å²) in [6.45, 7) is 6.09. The first-order chi connectivity index (χ1) is 21.2. The molecule has 4 aliphatic heterocycles. The number of piperazine rings is 1. The molecule has 0 saturated carbocycles. The van der Waals surface area contributed by atoms with Crippen molar-refractivity contribution in [3.8, 4) is 0 Å². The molecule has 12 heteroatoms. The Morgan fingerprint density at radius 1 is 0.909 bits per heavy atom. The molecule has 44 heavy (non-hydrogen) atoms. The van der Waals surface area contributed by atoms with Gasteiger partial charge in [-0.2, -0.15) is 13.2 Å². The number of methoxy groups -OCH3 is 1. The summed E-state index contributed by atoms with van der Waals surface area (Å²) in [5.41, 5.74) is 3.05. The van der Waals surface area contributed by atoms with Gasteiger partial charge in [0.05, 0.1) is 24.0 Å². The van der Waals surface area contributed by atoms with E-state index < -0.39 is 17.9 Å². The van der Waals surface area contributed by atoms with Crippen LogP contribution in [-0.2, 0) is 22.3 Å². The van der Waals surface area contributed by atoms with Crippen LogP contribution in [0.4, 0.5) is 28.9 Å². The van der Waals surface area contributed by atoms with Crippen LogP contribution in [0.5, 0.6) is 0 Å². The fourth-order valence-corrected chi connectivity index (χ4v) is 6.44. The number of halogens is 4. The molecule has 1 atom stereocenters. The van der Waals surface area contributed by atoms with Gasteiger partial charge < -0.3 is 25.6 Å². The Hall–Kier alpha value is -3.77. The van der Waals surface area contributed by atoms with Gasteiger partial charge in [0.2, 0.25) is 0 Å². The van der Waals surface area contributed by atoms with E-state index in [1.165, 1.54) is 17.7 Å². The molecule has 2 aromatic carbocycles. The van der Waals surface area contributed by atoms with E-state index in [2.05, 4.69) is 31.8 Å². The minimum Gasteiger partial charge on any atom is -0.483 e. The molecule has 0 aromatic heterocycles. The molecule has 6 rings (SSSR count). The standard InChI is InChI=1S/C32H38F4N6O2/c1-44-27-9-4-22(18-37-27)20-40-12-10-23(11-13-40)25-7-8-26-29(28(25)33)39-30(38-26)31(43)42-16-14-41(15-17-42)19-21-2-5-24(6-3-21)32(34,35)36/h2-9,23,30,37-39H,10-20H2,1H3. The number of nitrogens with zero attached hydrogens (tertiary/aromatic N) is 3. The summed E-state index contributed by atoms with van der Waals surface area (Å²) in [5, 5.41) is 9.49. The lowest BCUT2D eigenvalue weighted by molar-refractivity contribution is -0.137. The van der Waals surface area contributed by atoms with E-state index in [0.717, 1.165) is 62.6 Å². The topological polar surface area (TPSA) is 72.1 Å². The molecule has 8 nitrogen and oxygen atoms in total. The van der Waals surface area contributed by atoms with Crippen molar-refractivity contribution in [1.82, 2.24) is 20.0 Å². The van der Waals surface area contributed by atoms with Crippen LogP contribution in [0.25, 0.3) is 0 Å². The number of hydrogen-bond acceptors (Lipinski definition) is 7. The number of alkyl halides is 3. The Kier molecular flexibility index (Phi) is 8.73. The van der Waals surface area contributed by atoms with Crippen molar-refractivity contribution < 1.29 is 27.1 Å². The van der Waals surface area contributed by atoms with Crippen LogP contribution in [0, 0.1) is 5.82 Å². The number of amides is 1. The van der Waals surface area contributed by atoms with Gasteiger partial charge in [0.15, 0.2) is 17.9 Å². The Bertz CT molecular complexity index is 1410. The van der Waals surface area contributed by atoms with E-state index in [1.807, 2.05) is 18.2 Å². The van der Waals surface area contributed by atoms with Gasteiger partial charge in [-0.05, 0) is 72.8 Å². The highest BCUT2D eigenvalue weighted by atomic mass is 19.4. The molecule has 4 aliphatic rings. The van der Waals surface area contributed by atoms with Crippen molar-refractivity contribution in [2.24, 2.45) is 0 Å². The zero-order chi connectivity index (χ0) is 30.8. The highest BCUT2D eigenvalue weighted by Gasteiger charge is 2.35. The Morgan fingerprint density at radius 2 is 1.61 bits per heavy atom. The minimum absolute atomic E-state index is 0.115. The zero-order valence-corrected chi connectivity index (χ0v) is 24.7. The molecule has 236 valence electrons. The normalized spacial score (nSPS) is 21.5. The summed E-state index contributed by atoms with van der Waals surface area (Å²) >= 11 is 0. The molecular formula is C32H38F4N6O2. The maximum absolute atomic E-state index is 15.8. The number of dihydropyridines is 1. The number of fused-ring (bicyclic) bond motifs is 1. The first-order valence-corrected chi connectivity index (χ1v) is 15.1. The van der Waals surface area contributed by atoms with Crippen molar-refractivity contribution >= 4 is 17.3 Å². The number of ether oxygens (including phenoxy) is 1. The molecule has 1 amide bonds. The van der Waals surface area contributed by atoms with E-state index in [9.17, 15) is 18.0 Å². The SMILES string of the molecule is COC1=CC=C(CN2CCC(c3ccc4c(c3F)NC(C(=O)N3CCN(Cc5ccc(C(F)(F)F)cc5)CC3)N4)CC2)CN1. The van der Waals surface area contributed by atoms with Crippen LogP contribution in [0.3, 0.4) is 0 Å². The highest BCUT2D eigenvalue weighted by Crippen LogP contribution is 2.39. The fraction of sp³-hybridized carbons (Fsp3) is 0.469. The number of rotatable bonds is 7. The minimum atomic E-state index is -4.35. The summed E-state index contributed by atoms with van der Waals surface area (Å²) < 4.78 is 59.5. The third-order valence-electron chi connectivity index (χ3n) is 9.01. The lowest BCUT2D eigenvalue weighted by atomic mass is 9.88. The smallest absolute Gasteiger partial charge is 0.416 e. The molecule has 4 heterocycles. The summed E-state index contributed by atoms with van der Waals surface area (Å²) in [6.07, 6.45) is 0.666. The average molecular weight is 615 g/mol. The van der Waals surface area contributed by atoms with Gasteiger partial charge in [-0.15, -0.1) is 0 Å². The first kappa shape index (κ1) is 30.3. The largest absolute Gasteiger partial charge is 0.483 e. The second-order valence-corrected chi connectivity index (χ2v) is 11.9. The van der Waals surface area contributed by atoms with Crippen molar-refractivity contribution in [3.05, 3.63) is 82.5 Å². The van der Waals surface area contributed by atoms with Gasteiger partial charge >= 0.3 is 6.18 Å². The molecule has 0 bridgehead atoms. The third kappa shape index (κ3) is 6.66. The van der Waals surface area contributed by atoms with Crippen molar-refractivity contribution in [1.29, 1.82) is 0 Å². The number of piperidine rings is 1. The number of anilines is 2. The van der Waals surface area contributed by atoms with E-state index in [0.29, 0.717) is 49.7 Å². The lowest BCUT2D eigenvalue weighted by Gasteiger charge is -2.36. The van der Waals surface area contributed by atoms with Gasteiger partial charge in [-0.25, -0.2) is 4.39 Å². The van der Waals surface area contributed by atoms with E-state index in [1.54, 1.807) is 12.0 Å². The summed E-state index contributed by atoms with van der Waals surface area (Å²) in [4.78, 5) is 19.6. The maximum atomic E-state index is 15.8. The van der Waals surface area contributed by atoms with Crippen molar-refractivity contribution in [3.63, 3.8) is 0 Å². The molecule has 1 unspecified atom stereocenters. The van der Waals surface area contributed by atoms with Crippen molar-refractivity contribution in [2.45, 2.75) is 37.6 Å². The van der Waals surface area contributed by atoms with Crippen LogP contribution in [0.2, 0.25) is 0 Å². The van der Waals surface area contributed by atoms with E-state index in [-0.39, 0.29) is 17.6 Å². The Labute approximate surface area is 254 Å². The second-order valence-electron chi connectivity index (χ2n) is 11.9. The molecule has 3 N–H and O–H groups in total. The number of hydrogen-bond donors (Lipinski definition) is 3. The molecule has 0 radical (unpaired) electrons. The molecule has 2 fully saturated rings. The number of carbonyl (C=O) groups excluding carboxylic acids is 1. The predicted molar refractivity (Wildman–Crippen MR) is 160 cm³/mol. The number of allylic oxidation sites excluding steroid dienone is 2. The van der Waals surface area contributed by atoms with Gasteiger partial charge in [0.25, 0.3) is 5.91 Å². The lowest BCUT2D eigenvalue weighted by Crippen LogP contribution is -2.53. The fourth-order valence-electron chi connectivity index (χ4n) is 6.44. The Morgan fingerprint density at radius 3 is 2.25 bits per heavy atom. The monoisotopic (exact) mass is 614 g/mol. The van der Waals surface area contributed by atoms with Crippen LogP contribution in [-0.4, -0.2) is 86.2 Å². The van der Waals surface area contributed by atoms with E-state index in [4.69, 9.17) is 4.74 Å². The van der Waals surface area contributed by atoms with Crippen LogP contribution < -0.4 is 16.0 Å². The van der Waals surface area contributed by atoms with Crippen LogP contribution in [0.15, 0.2) is 60.0 Å². The molecule has 0 aliphatic carbocycles. The Balaban J connectivity index is 0.989.